The van der Waals surface area contributed by atoms with Gasteiger partial charge >= 0.3 is 0 Å². The first kappa shape index (κ1) is 20.7. The zero-order valence-corrected chi connectivity index (χ0v) is 18.8. The lowest BCUT2D eigenvalue weighted by Crippen LogP contribution is -2.26. The van der Waals surface area contributed by atoms with Crippen LogP contribution in [0.3, 0.4) is 0 Å². The van der Waals surface area contributed by atoms with Crippen molar-refractivity contribution in [2.24, 2.45) is 0 Å². The number of nitrogens with one attached hydrogen (secondary N) is 1. The number of carbonyl (C=O) groups excluding carboxylic acids is 1. The number of nitrogens with zero attached hydrogens (tertiary/aromatic N) is 6. The molecular formula is C25H25N7O2. The molecule has 172 valence electrons. The van der Waals surface area contributed by atoms with Crippen LogP contribution < -0.4 is 10.9 Å². The zero-order valence-electron chi connectivity index (χ0n) is 18.8. The Kier molecular flexibility index (Phi) is 5.16. The molecule has 0 bridgehead atoms. The van der Waals surface area contributed by atoms with Crippen molar-refractivity contribution < 1.29 is 4.79 Å². The molecule has 6 rings (SSSR count). The first-order valence-electron chi connectivity index (χ1n) is 11.9. The summed E-state index contributed by atoms with van der Waals surface area (Å²) in [5.74, 6) is 1.31. The molecule has 1 fully saturated rings. The fraction of sp³-hybridized carbons (Fsp3) is 0.360. The molecule has 1 amide bonds. The van der Waals surface area contributed by atoms with Crippen molar-refractivity contribution in [3.8, 4) is 11.4 Å². The van der Waals surface area contributed by atoms with Gasteiger partial charge < -0.3 is 5.32 Å². The Morgan fingerprint density at radius 2 is 1.82 bits per heavy atom. The number of aryl methyl sites for hydroxylation is 1. The summed E-state index contributed by atoms with van der Waals surface area (Å²) in [6, 6.07) is 13.0. The predicted molar refractivity (Wildman–Crippen MR) is 128 cm³/mol. The van der Waals surface area contributed by atoms with E-state index in [-0.39, 0.29) is 11.5 Å². The van der Waals surface area contributed by atoms with Gasteiger partial charge in [-0.15, -0.1) is 5.10 Å². The number of carbonyl (C=O) groups is 1. The maximum absolute atomic E-state index is 13.0. The number of aromatic nitrogens is 6. The van der Waals surface area contributed by atoms with Crippen molar-refractivity contribution >= 4 is 22.5 Å². The van der Waals surface area contributed by atoms with Gasteiger partial charge in [-0.25, -0.2) is 9.67 Å². The van der Waals surface area contributed by atoms with Gasteiger partial charge in [0.05, 0.1) is 16.9 Å². The Morgan fingerprint density at radius 1 is 1.00 bits per heavy atom. The summed E-state index contributed by atoms with van der Waals surface area (Å²) in [5.41, 5.74) is 2.61. The highest BCUT2D eigenvalue weighted by atomic mass is 16.1. The highest BCUT2D eigenvalue weighted by molar-refractivity contribution is 6.06. The molecule has 0 radical (unpaired) electrons. The molecule has 3 heterocycles. The molecule has 0 spiro atoms. The van der Waals surface area contributed by atoms with E-state index in [1.807, 2.05) is 33.5 Å². The van der Waals surface area contributed by atoms with E-state index in [4.69, 9.17) is 4.98 Å². The van der Waals surface area contributed by atoms with Crippen LogP contribution in [-0.2, 0) is 13.0 Å². The molecule has 0 atom stereocenters. The number of fused-ring (bicyclic) bond motifs is 2. The summed E-state index contributed by atoms with van der Waals surface area (Å²) in [7, 11) is 0. The minimum absolute atomic E-state index is 0.0158. The van der Waals surface area contributed by atoms with Gasteiger partial charge in [-0.05, 0) is 78.6 Å². The van der Waals surface area contributed by atoms with E-state index in [9.17, 15) is 9.59 Å². The van der Waals surface area contributed by atoms with E-state index in [0.717, 1.165) is 62.2 Å². The van der Waals surface area contributed by atoms with Gasteiger partial charge in [0.25, 0.3) is 11.5 Å². The maximum Gasteiger partial charge on any atom is 0.261 e. The number of hydrogen-bond acceptors (Lipinski definition) is 6. The van der Waals surface area contributed by atoms with Crippen LogP contribution in [0, 0.1) is 0 Å². The van der Waals surface area contributed by atoms with Crippen LogP contribution in [0.5, 0.6) is 0 Å². The molecule has 1 saturated carbocycles. The second kappa shape index (κ2) is 8.48. The van der Waals surface area contributed by atoms with E-state index in [2.05, 4.69) is 20.8 Å². The molecule has 2 aliphatic rings. The zero-order chi connectivity index (χ0) is 23.1. The van der Waals surface area contributed by atoms with Crippen molar-refractivity contribution in [3.63, 3.8) is 0 Å². The van der Waals surface area contributed by atoms with Crippen molar-refractivity contribution in [2.75, 3.05) is 5.32 Å². The Bertz CT molecular complexity index is 1430. The Hall–Kier alpha value is -3.88. The number of anilines is 1. The molecule has 4 aromatic rings. The fourth-order valence-corrected chi connectivity index (χ4v) is 4.59. The normalized spacial score (nSPS) is 16.0. The summed E-state index contributed by atoms with van der Waals surface area (Å²) in [6.07, 6.45) is 7.31. The smallest absolute Gasteiger partial charge is 0.261 e. The average Bonchev–Trinajstić information content (AvgIpc) is 3.57. The molecular weight excluding hydrogens is 430 g/mol. The molecule has 1 aliphatic carbocycles. The Labute approximate surface area is 195 Å². The monoisotopic (exact) mass is 455 g/mol. The van der Waals surface area contributed by atoms with Crippen LogP contribution in [0.4, 0.5) is 5.69 Å². The fourth-order valence-electron chi connectivity index (χ4n) is 4.59. The molecule has 1 aliphatic heterocycles. The topological polar surface area (TPSA) is 108 Å². The number of amides is 1. The summed E-state index contributed by atoms with van der Waals surface area (Å²) < 4.78 is 3.67. The van der Waals surface area contributed by atoms with Crippen LogP contribution in [0.25, 0.3) is 22.3 Å². The quantitative estimate of drug-likeness (QED) is 0.502. The summed E-state index contributed by atoms with van der Waals surface area (Å²) in [5, 5.41) is 15.5. The third-order valence-corrected chi connectivity index (χ3v) is 6.62. The molecule has 1 N–H and O–H groups in total. The number of hydrogen-bond donors (Lipinski definition) is 1. The molecule has 0 unspecified atom stereocenters. The third kappa shape index (κ3) is 3.87. The largest absolute Gasteiger partial charge is 0.322 e. The van der Waals surface area contributed by atoms with Crippen LogP contribution in [-0.4, -0.2) is 35.7 Å². The van der Waals surface area contributed by atoms with E-state index in [1.165, 1.54) is 0 Å². The van der Waals surface area contributed by atoms with E-state index in [0.29, 0.717) is 34.7 Å². The van der Waals surface area contributed by atoms with Gasteiger partial charge in [-0.3, -0.25) is 14.2 Å². The van der Waals surface area contributed by atoms with E-state index in [1.54, 1.807) is 18.2 Å². The summed E-state index contributed by atoms with van der Waals surface area (Å²) in [6.45, 7) is 0.711. The van der Waals surface area contributed by atoms with Gasteiger partial charge in [-0.1, -0.05) is 12.8 Å². The SMILES string of the molecule is O=C(Nc1ccc(-c2nnnn2C2CC2)cc1)c1ccc2c(=O)n3c(nc2c1)CCCCCC3. The standard InChI is InChI=1S/C25H25N7O2/c33-24(26-18-9-6-16(7-10-18)23-28-29-30-32(23)19-11-12-19)17-8-13-20-21(15-17)27-22-5-3-1-2-4-14-31(22)25(20)34/h6-10,13,15,19H,1-5,11-12,14H2,(H,26,33). The van der Waals surface area contributed by atoms with Crippen molar-refractivity contribution in [3.05, 3.63) is 64.2 Å². The lowest BCUT2D eigenvalue weighted by Gasteiger charge is -2.16. The van der Waals surface area contributed by atoms with Crippen LogP contribution in [0.1, 0.15) is 60.7 Å². The molecule has 0 saturated heterocycles. The molecule has 9 nitrogen and oxygen atoms in total. The Morgan fingerprint density at radius 3 is 2.65 bits per heavy atom. The number of rotatable bonds is 4. The molecule has 2 aromatic carbocycles. The Balaban J connectivity index is 1.24. The molecule has 34 heavy (non-hydrogen) atoms. The first-order chi connectivity index (χ1) is 16.7. The average molecular weight is 456 g/mol. The van der Waals surface area contributed by atoms with E-state index < -0.39 is 0 Å². The number of benzene rings is 2. The van der Waals surface area contributed by atoms with Gasteiger partial charge in [0.2, 0.25) is 0 Å². The molecule has 2 aromatic heterocycles. The highest BCUT2D eigenvalue weighted by Crippen LogP contribution is 2.36. The third-order valence-electron chi connectivity index (χ3n) is 6.62. The van der Waals surface area contributed by atoms with Crippen LogP contribution in [0.15, 0.2) is 47.3 Å². The van der Waals surface area contributed by atoms with Gasteiger partial charge in [0.1, 0.15) is 5.82 Å². The van der Waals surface area contributed by atoms with Crippen LogP contribution >= 0.6 is 0 Å². The van der Waals surface area contributed by atoms with Crippen molar-refractivity contribution in [2.45, 2.75) is 57.5 Å². The maximum atomic E-state index is 13.0. The highest BCUT2D eigenvalue weighted by Gasteiger charge is 2.28. The van der Waals surface area contributed by atoms with E-state index >= 15 is 0 Å². The van der Waals surface area contributed by atoms with Crippen LogP contribution in [0.2, 0.25) is 0 Å². The lowest BCUT2D eigenvalue weighted by molar-refractivity contribution is 0.102. The van der Waals surface area contributed by atoms with Gasteiger partial charge in [-0.2, -0.15) is 0 Å². The lowest BCUT2D eigenvalue weighted by atomic mass is 10.1. The van der Waals surface area contributed by atoms with Crippen molar-refractivity contribution in [1.29, 1.82) is 0 Å². The summed E-state index contributed by atoms with van der Waals surface area (Å²) in [4.78, 5) is 30.7. The minimum atomic E-state index is -0.244. The predicted octanol–water partition coefficient (Wildman–Crippen LogP) is 3.75. The van der Waals surface area contributed by atoms with Gasteiger partial charge in [0.15, 0.2) is 5.82 Å². The minimum Gasteiger partial charge on any atom is -0.322 e. The molecule has 9 heteroatoms. The van der Waals surface area contributed by atoms with Gasteiger partial charge in [0, 0.05) is 29.8 Å². The second-order valence-corrected chi connectivity index (χ2v) is 9.09. The second-order valence-electron chi connectivity index (χ2n) is 9.09. The number of tetrazole rings is 1. The first-order valence-corrected chi connectivity index (χ1v) is 11.9. The summed E-state index contributed by atoms with van der Waals surface area (Å²) >= 11 is 0. The van der Waals surface area contributed by atoms with Crippen molar-refractivity contribution in [1.82, 2.24) is 29.8 Å².